The van der Waals surface area contributed by atoms with Gasteiger partial charge in [-0.15, -0.1) is 0 Å². The molecule has 0 N–H and O–H groups in total. The molecule has 0 bridgehead atoms. The number of alkyl halides is 1. The van der Waals surface area contributed by atoms with Crippen LogP contribution in [0.4, 0.5) is 10.1 Å². The van der Waals surface area contributed by atoms with Crippen LogP contribution >= 0.6 is 15.9 Å². The zero-order valence-electron chi connectivity index (χ0n) is 11.3. The van der Waals surface area contributed by atoms with Crippen LogP contribution in [-0.2, 0) is 0 Å². The lowest BCUT2D eigenvalue weighted by Crippen LogP contribution is -2.38. The average Bonchev–Trinajstić information content (AvgIpc) is 2.37. The van der Waals surface area contributed by atoms with Gasteiger partial charge in [0.1, 0.15) is 5.82 Å². The van der Waals surface area contributed by atoms with Gasteiger partial charge in [0.25, 0.3) is 11.6 Å². The van der Waals surface area contributed by atoms with Gasteiger partial charge in [-0.1, -0.05) is 15.9 Å². The molecule has 0 unspecified atom stereocenters. The number of non-ortho nitro benzene ring substituents is 1. The molecule has 110 valence electrons. The fraction of sp³-hybridized carbons (Fsp3) is 0.462. The Balaban J connectivity index is 3.08. The number of rotatable bonds is 6. The molecule has 0 atom stereocenters. The number of amides is 1. The van der Waals surface area contributed by atoms with Gasteiger partial charge in [-0.3, -0.25) is 14.9 Å². The van der Waals surface area contributed by atoms with Crippen LogP contribution < -0.4 is 0 Å². The van der Waals surface area contributed by atoms with Crippen molar-refractivity contribution in [2.75, 3.05) is 11.9 Å². The first-order chi connectivity index (χ1) is 9.36. The zero-order valence-corrected chi connectivity index (χ0v) is 12.9. The molecule has 0 aromatic heterocycles. The fourth-order valence-corrected chi connectivity index (χ4v) is 2.04. The highest BCUT2D eigenvalue weighted by molar-refractivity contribution is 9.09. The summed E-state index contributed by atoms with van der Waals surface area (Å²) in [5, 5.41) is 11.5. The maximum absolute atomic E-state index is 13.4. The SMILES string of the molecule is CC(C)N(CCCBr)C(=O)c1cc(F)cc([N+](=O)[O-])c1. The van der Waals surface area contributed by atoms with Crippen molar-refractivity contribution in [2.24, 2.45) is 0 Å². The summed E-state index contributed by atoms with van der Waals surface area (Å²) >= 11 is 3.29. The summed E-state index contributed by atoms with van der Waals surface area (Å²) < 4.78 is 13.4. The fourth-order valence-electron chi connectivity index (χ4n) is 1.79. The Morgan fingerprint density at radius 1 is 1.45 bits per heavy atom. The molecule has 7 heteroatoms. The predicted octanol–water partition coefficient (Wildman–Crippen LogP) is 3.37. The van der Waals surface area contributed by atoms with Crippen molar-refractivity contribution in [3.05, 3.63) is 39.7 Å². The topological polar surface area (TPSA) is 63.5 Å². The van der Waals surface area contributed by atoms with Gasteiger partial charge >= 0.3 is 0 Å². The van der Waals surface area contributed by atoms with E-state index in [9.17, 15) is 19.3 Å². The van der Waals surface area contributed by atoms with Gasteiger partial charge in [-0.2, -0.15) is 0 Å². The Labute approximate surface area is 125 Å². The molecule has 1 rings (SSSR count). The largest absolute Gasteiger partial charge is 0.336 e. The minimum absolute atomic E-state index is 0.0000255. The minimum Gasteiger partial charge on any atom is -0.336 e. The predicted molar refractivity (Wildman–Crippen MR) is 77.6 cm³/mol. The van der Waals surface area contributed by atoms with Crippen LogP contribution in [0.25, 0.3) is 0 Å². The van der Waals surface area contributed by atoms with E-state index in [1.807, 2.05) is 13.8 Å². The van der Waals surface area contributed by atoms with Gasteiger partial charge in [-0.05, 0) is 26.3 Å². The molecular weight excluding hydrogens is 331 g/mol. The van der Waals surface area contributed by atoms with Crippen LogP contribution in [-0.4, -0.2) is 33.6 Å². The van der Waals surface area contributed by atoms with Gasteiger partial charge in [0.15, 0.2) is 0 Å². The first kappa shape index (κ1) is 16.6. The molecule has 0 spiro atoms. The van der Waals surface area contributed by atoms with E-state index in [1.165, 1.54) is 0 Å². The second-order valence-electron chi connectivity index (χ2n) is 4.59. The Kier molecular flexibility index (Phi) is 6.06. The van der Waals surface area contributed by atoms with E-state index in [0.717, 1.165) is 30.0 Å². The second-order valence-corrected chi connectivity index (χ2v) is 5.38. The molecule has 0 radical (unpaired) electrons. The van der Waals surface area contributed by atoms with Crippen LogP contribution in [0.15, 0.2) is 18.2 Å². The number of carbonyl (C=O) groups excluding carboxylic acids is 1. The third kappa shape index (κ3) is 4.26. The number of carbonyl (C=O) groups is 1. The quantitative estimate of drug-likeness (QED) is 0.450. The van der Waals surface area contributed by atoms with Crippen molar-refractivity contribution in [1.82, 2.24) is 4.90 Å². The van der Waals surface area contributed by atoms with Gasteiger partial charge < -0.3 is 4.90 Å². The minimum atomic E-state index is -0.785. The number of hydrogen-bond donors (Lipinski definition) is 0. The lowest BCUT2D eigenvalue weighted by atomic mass is 10.1. The Morgan fingerprint density at radius 2 is 2.10 bits per heavy atom. The molecule has 1 aromatic rings. The van der Waals surface area contributed by atoms with E-state index < -0.39 is 22.3 Å². The monoisotopic (exact) mass is 346 g/mol. The second kappa shape index (κ2) is 7.33. The lowest BCUT2D eigenvalue weighted by Gasteiger charge is -2.26. The van der Waals surface area contributed by atoms with Gasteiger partial charge in [0, 0.05) is 29.5 Å². The van der Waals surface area contributed by atoms with Crippen molar-refractivity contribution in [2.45, 2.75) is 26.3 Å². The molecule has 1 amide bonds. The van der Waals surface area contributed by atoms with Crippen molar-refractivity contribution < 1.29 is 14.1 Å². The molecule has 5 nitrogen and oxygen atoms in total. The van der Waals surface area contributed by atoms with Crippen molar-refractivity contribution in [3.63, 3.8) is 0 Å². The smallest absolute Gasteiger partial charge is 0.273 e. The first-order valence-electron chi connectivity index (χ1n) is 6.18. The maximum atomic E-state index is 13.4. The number of nitrogens with zero attached hydrogens (tertiary/aromatic N) is 2. The number of nitro groups is 1. The van der Waals surface area contributed by atoms with Crippen LogP contribution in [0.1, 0.15) is 30.6 Å². The molecule has 20 heavy (non-hydrogen) atoms. The standard InChI is InChI=1S/C13H16BrFN2O3/c1-9(2)16(5-3-4-14)13(18)10-6-11(15)8-12(7-10)17(19)20/h6-9H,3-5H2,1-2H3. The first-order valence-corrected chi connectivity index (χ1v) is 7.31. The van der Waals surface area contributed by atoms with E-state index in [-0.39, 0.29) is 11.6 Å². The van der Waals surface area contributed by atoms with E-state index in [4.69, 9.17) is 0 Å². The Bertz CT molecular complexity index is 508. The van der Waals surface area contributed by atoms with Crippen LogP contribution in [0.2, 0.25) is 0 Å². The summed E-state index contributed by atoms with van der Waals surface area (Å²) in [6.45, 7) is 4.20. The number of hydrogen-bond acceptors (Lipinski definition) is 3. The Morgan fingerprint density at radius 3 is 2.60 bits per heavy atom. The highest BCUT2D eigenvalue weighted by Gasteiger charge is 2.21. The van der Waals surface area contributed by atoms with E-state index >= 15 is 0 Å². The van der Waals surface area contributed by atoms with Crippen LogP contribution in [0, 0.1) is 15.9 Å². The molecule has 0 aliphatic carbocycles. The average molecular weight is 347 g/mol. The highest BCUT2D eigenvalue weighted by atomic mass is 79.9. The summed E-state index contributed by atoms with van der Waals surface area (Å²) in [6, 6.07) is 2.87. The maximum Gasteiger partial charge on any atom is 0.273 e. The third-order valence-corrected chi connectivity index (χ3v) is 3.32. The number of halogens is 2. The molecule has 0 heterocycles. The summed E-state index contributed by atoms with van der Waals surface area (Å²) in [4.78, 5) is 23.9. The molecule has 0 aliphatic rings. The normalized spacial score (nSPS) is 10.7. The van der Waals surface area contributed by atoms with Crippen molar-refractivity contribution in [3.8, 4) is 0 Å². The molecule has 0 saturated heterocycles. The summed E-state index contributed by atoms with van der Waals surface area (Å²) in [7, 11) is 0. The summed E-state index contributed by atoms with van der Waals surface area (Å²) in [5.74, 6) is -1.18. The highest BCUT2D eigenvalue weighted by Crippen LogP contribution is 2.19. The number of benzene rings is 1. The van der Waals surface area contributed by atoms with E-state index in [1.54, 1.807) is 4.90 Å². The van der Waals surface area contributed by atoms with Gasteiger partial charge in [-0.25, -0.2) is 4.39 Å². The molecule has 1 aromatic carbocycles. The van der Waals surface area contributed by atoms with Crippen LogP contribution in [0.5, 0.6) is 0 Å². The lowest BCUT2D eigenvalue weighted by molar-refractivity contribution is -0.385. The van der Waals surface area contributed by atoms with E-state index in [0.29, 0.717) is 6.54 Å². The van der Waals surface area contributed by atoms with Crippen LogP contribution in [0.3, 0.4) is 0 Å². The molecule has 0 fully saturated rings. The third-order valence-electron chi connectivity index (χ3n) is 2.76. The van der Waals surface area contributed by atoms with Crippen molar-refractivity contribution >= 4 is 27.5 Å². The van der Waals surface area contributed by atoms with Gasteiger partial charge in [0.2, 0.25) is 0 Å². The van der Waals surface area contributed by atoms with E-state index in [2.05, 4.69) is 15.9 Å². The van der Waals surface area contributed by atoms with Gasteiger partial charge in [0.05, 0.1) is 11.0 Å². The molecular formula is C13H16BrFN2O3. The summed E-state index contributed by atoms with van der Waals surface area (Å²) in [5.41, 5.74) is -0.419. The summed E-state index contributed by atoms with van der Waals surface area (Å²) in [6.07, 6.45) is 0.751. The molecule has 0 aliphatic heterocycles. The molecule has 0 saturated carbocycles. The van der Waals surface area contributed by atoms with Crippen molar-refractivity contribution in [1.29, 1.82) is 0 Å². The number of nitro benzene ring substituents is 1. The Hall–Kier alpha value is -1.50. The zero-order chi connectivity index (χ0) is 15.3.